The molecule has 1 heterocycles. The van der Waals surface area contributed by atoms with Crippen molar-refractivity contribution in [1.82, 2.24) is 4.98 Å². The molecule has 0 amide bonds. The van der Waals surface area contributed by atoms with Gasteiger partial charge in [0.15, 0.2) is 5.78 Å². The van der Waals surface area contributed by atoms with E-state index in [4.69, 9.17) is 0 Å². The van der Waals surface area contributed by atoms with Gasteiger partial charge >= 0.3 is 6.18 Å². The largest absolute Gasteiger partial charge is 0.396 e. The predicted octanol–water partition coefficient (Wildman–Crippen LogP) is 3.53. The third-order valence-electron chi connectivity index (χ3n) is 3.43. The van der Waals surface area contributed by atoms with Crippen molar-refractivity contribution in [2.24, 2.45) is 11.8 Å². The van der Waals surface area contributed by atoms with E-state index < -0.39 is 23.8 Å². The van der Waals surface area contributed by atoms with Gasteiger partial charge in [0.2, 0.25) is 0 Å². The van der Waals surface area contributed by atoms with Crippen molar-refractivity contribution in [3.63, 3.8) is 0 Å². The Morgan fingerprint density at radius 1 is 1.09 bits per heavy atom. The van der Waals surface area contributed by atoms with Crippen LogP contribution in [0.3, 0.4) is 0 Å². The summed E-state index contributed by atoms with van der Waals surface area (Å²) in [5.41, 5.74) is 0.210. The average molecular weight is 309 g/mol. The van der Waals surface area contributed by atoms with Gasteiger partial charge in [0.05, 0.1) is 11.8 Å². The minimum atomic E-state index is -4.48. The number of nitrogens with zero attached hydrogens (tertiary/aromatic N) is 1. The van der Waals surface area contributed by atoms with Gasteiger partial charge in [0.25, 0.3) is 0 Å². The quantitative estimate of drug-likeness (QED) is 0.782. The summed E-state index contributed by atoms with van der Waals surface area (Å²) in [5.74, 6) is -4.03. The Hall–Kier alpha value is -2.24. The second kappa shape index (κ2) is 6.68. The summed E-state index contributed by atoms with van der Waals surface area (Å²) < 4.78 is 38.7. The molecule has 3 nitrogen and oxygen atoms in total. The molecule has 0 spiro atoms. The van der Waals surface area contributed by atoms with Crippen LogP contribution in [0.5, 0.6) is 0 Å². The van der Waals surface area contributed by atoms with Gasteiger partial charge in [-0.15, -0.1) is 0 Å². The predicted molar refractivity (Wildman–Crippen MR) is 74.1 cm³/mol. The van der Waals surface area contributed by atoms with Crippen LogP contribution in [0.25, 0.3) is 0 Å². The molecule has 2 unspecified atom stereocenters. The zero-order chi connectivity index (χ0) is 16.2. The van der Waals surface area contributed by atoms with Crippen molar-refractivity contribution >= 4 is 11.6 Å². The van der Waals surface area contributed by atoms with E-state index in [2.05, 4.69) is 4.98 Å². The number of hydrogen-bond acceptors (Lipinski definition) is 3. The summed E-state index contributed by atoms with van der Waals surface area (Å²) in [7, 11) is 0. The lowest BCUT2D eigenvalue weighted by atomic mass is 9.83. The number of ketones is 2. The van der Waals surface area contributed by atoms with Crippen molar-refractivity contribution in [3.05, 3.63) is 54.4 Å². The van der Waals surface area contributed by atoms with Gasteiger partial charge in [-0.2, -0.15) is 13.2 Å². The Kier molecular flexibility index (Phi) is 4.90. The van der Waals surface area contributed by atoms with Crippen molar-refractivity contribution in [3.8, 4) is 0 Å². The Morgan fingerprint density at radius 3 is 2.45 bits per heavy atom. The topological polar surface area (TPSA) is 47.0 Å². The molecular formula is C16H14F3NO2. The molecule has 0 bridgehead atoms. The van der Waals surface area contributed by atoms with Crippen LogP contribution < -0.4 is 0 Å². The second-order valence-electron chi connectivity index (χ2n) is 4.97. The van der Waals surface area contributed by atoms with Gasteiger partial charge in [0.1, 0.15) is 11.5 Å². The third kappa shape index (κ3) is 3.90. The summed E-state index contributed by atoms with van der Waals surface area (Å²) in [5, 5.41) is 0. The first-order valence-electron chi connectivity index (χ1n) is 6.78. The molecule has 0 aliphatic heterocycles. The zero-order valence-electron chi connectivity index (χ0n) is 11.6. The van der Waals surface area contributed by atoms with E-state index in [1.165, 1.54) is 30.5 Å². The standard InChI is InChI=1S/C16H14F3NO2/c17-16(18,19)12-6-2-1-5-11(12)14(21)8-9-15(22)13-7-3-4-10-20-13/h1-7,10-12H,8-9H2. The first-order valence-corrected chi connectivity index (χ1v) is 6.78. The van der Waals surface area contributed by atoms with Gasteiger partial charge < -0.3 is 0 Å². The molecule has 116 valence electrons. The number of hydrogen-bond donors (Lipinski definition) is 0. The fourth-order valence-corrected chi connectivity index (χ4v) is 2.29. The fraction of sp³-hybridized carbons (Fsp3) is 0.312. The molecule has 1 aromatic heterocycles. The number of pyridine rings is 1. The van der Waals surface area contributed by atoms with Crippen molar-refractivity contribution in [2.45, 2.75) is 19.0 Å². The summed E-state index contributed by atoms with van der Waals surface area (Å²) in [6, 6.07) is 4.79. The summed E-state index contributed by atoms with van der Waals surface area (Å²) in [4.78, 5) is 27.7. The first kappa shape index (κ1) is 16.1. The highest BCUT2D eigenvalue weighted by Gasteiger charge is 2.45. The number of carbonyl (C=O) groups excluding carboxylic acids is 2. The van der Waals surface area contributed by atoms with Crippen molar-refractivity contribution in [2.75, 3.05) is 0 Å². The SMILES string of the molecule is O=C(CCC(=O)C1C=CC=CC1C(F)(F)F)c1ccccn1. The van der Waals surface area contributed by atoms with Crippen molar-refractivity contribution < 1.29 is 22.8 Å². The molecule has 0 N–H and O–H groups in total. The van der Waals surface area contributed by atoms with E-state index in [0.29, 0.717) is 0 Å². The molecule has 1 aromatic rings. The highest BCUT2D eigenvalue weighted by molar-refractivity contribution is 5.97. The minimum Gasteiger partial charge on any atom is -0.299 e. The molecule has 0 fully saturated rings. The Morgan fingerprint density at radius 2 is 1.82 bits per heavy atom. The molecule has 22 heavy (non-hydrogen) atoms. The zero-order valence-corrected chi connectivity index (χ0v) is 11.6. The minimum absolute atomic E-state index is 0.144. The number of Topliss-reactive ketones (excluding diaryl/α,β-unsaturated/α-hetero) is 2. The molecule has 0 saturated carbocycles. The van der Waals surface area contributed by atoms with E-state index in [1.807, 2.05) is 0 Å². The molecule has 1 aliphatic rings. The number of allylic oxidation sites excluding steroid dienone is 4. The lowest BCUT2D eigenvalue weighted by Crippen LogP contribution is -2.33. The summed E-state index contributed by atoms with van der Waals surface area (Å²) >= 11 is 0. The van der Waals surface area contributed by atoms with Crippen LogP contribution in [0, 0.1) is 11.8 Å². The van der Waals surface area contributed by atoms with E-state index in [0.717, 1.165) is 6.08 Å². The number of alkyl halides is 3. The summed E-state index contributed by atoms with van der Waals surface area (Å²) in [6.45, 7) is 0. The lowest BCUT2D eigenvalue weighted by molar-refractivity contribution is -0.174. The lowest BCUT2D eigenvalue weighted by Gasteiger charge is -2.25. The molecule has 0 saturated heterocycles. The molecule has 2 rings (SSSR count). The monoisotopic (exact) mass is 309 g/mol. The van der Waals surface area contributed by atoms with Gasteiger partial charge in [-0.25, -0.2) is 0 Å². The van der Waals surface area contributed by atoms with Gasteiger partial charge in [-0.3, -0.25) is 14.6 Å². The summed E-state index contributed by atoms with van der Waals surface area (Å²) in [6.07, 6.45) is 1.51. The number of halogens is 3. The molecule has 6 heteroatoms. The van der Waals surface area contributed by atoms with Crippen LogP contribution in [0.15, 0.2) is 48.7 Å². The van der Waals surface area contributed by atoms with Crippen LogP contribution in [0.2, 0.25) is 0 Å². The van der Waals surface area contributed by atoms with E-state index in [9.17, 15) is 22.8 Å². The average Bonchev–Trinajstić information content (AvgIpc) is 2.52. The highest BCUT2D eigenvalue weighted by Crippen LogP contribution is 2.36. The normalized spacial score (nSPS) is 20.9. The maximum absolute atomic E-state index is 12.9. The number of rotatable bonds is 5. The smallest absolute Gasteiger partial charge is 0.299 e. The number of aromatic nitrogens is 1. The second-order valence-corrected chi connectivity index (χ2v) is 4.97. The highest BCUT2D eigenvalue weighted by atomic mass is 19.4. The van der Waals surface area contributed by atoms with E-state index in [-0.39, 0.29) is 24.3 Å². The van der Waals surface area contributed by atoms with Crippen LogP contribution >= 0.6 is 0 Å². The van der Waals surface area contributed by atoms with Crippen LogP contribution in [-0.2, 0) is 4.79 Å². The molecule has 0 radical (unpaired) electrons. The Balaban J connectivity index is 1.98. The molecule has 0 aromatic carbocycles. The fourth-order valence-electron chi connectivity index (χ4n) is 2.29. The third-order valence-corrected chi connectivity index (χ3v) is 3.43. The van der Waals surface area contributed by atoms with Crippen LogP contribution in [-0.4, -0.2) is 22.7 Å². The van der Waals surface area contributed by atoms with Gasteiger partial charge in [0, 0.05) is 19.0 Å². The van der Waals surface area contributed by atoms with Crippen molar-refractivity contribution in [1.29, 1.82) is 0 Å². The number of carbonyl (C=O) groups is 2. The molecule has 2 atom stereocenters. The van der Waals surface area contributed by atoms with Gasteiger partial charge in [-0.05, 0) is 12.1 Å². The first-order chi connectivity index (χ1) is 10.4. The Bertz CT molecular complexity index is 606. The maximum atomic E-state index is 12.9. The van der Waals surface area contributed by atoms with E-state index >= 15 is 0 Å². The Labute approximate surface area is 125 Å². The molecular weight excluding hydrogens is 295 g/mol. The molecule has 1 aliphatic carbocycles. The van der Waals surface area contributed by atoms with Crippen LogP contribution in [0.4, 0.5) is 13.2 Å². The van der Waals surface area contributed by atoms with Crippen LogP contribution in [0.1, 0.15) is 23.3 Å². The van der Waals surface area contributed by atoms with E-state index in [1.54, 1.807) is 12.1 Å². The maximum Gasteiger partial charge on any atom is 0.396 e. The van der Waals surface area contributed by atoms with Gasteiger partial charge in [-0.1, -0.05) is 30.4 Å².